The topological polar surface area (TPSA) is 0 Å². The molecule has 0 amide bonds. The molecule has 131 valence electrons. The van der Waals surface area contributed by atoms with Gasteiger partial charge in [0.25, 0.3) is 0 Å². The van der Waals surface area contributed by atoms with Crippen molar-refractivity contribution in [3.63, 3.8) is 0 Å². The number of allylic oxidation sites excluding steroid dienone is 2. The van der Waals surface area contributed by atoms with E-state index < -0.39 is 0 Å². The molecule has 0 N–H and O–H groups in total. The summed E-state index contributed by atoms with van der Waals surface area (Å²) in [5.41, 5.74) is 0. The van der Waals surface area contributed by atoms with Gasteiger partial charge in [-0.2, -0.15) is 5.92 Å². The van der Waals surface area contributed by atoms with Crippen LogP contribution in [0.2, 0.25) is 0 Å². The fourth-order valence-corrected chi connectivity index (χ4v) is 2.48. The molecule has 0 aliphatic carbocycles. The largest absolute Gasteiger partial charge is 0.342 e. The van der Waals surface area contributed by atoms with E-state index in [9.17, 15) is 0 Å². The first-order valence-electron chi connectivity index (χ1n) is 10.2. The Hall–Kier alpha value is -0.895. The van der Waals surface area contributed by atoms with Crippen molar-refractivity contribution in [1.29, 1.82) is 0 Å². The standard InChI is InChI=1S/C22H39B/c1-4-7-10-13-15-18-21-23(20-17-12-9-6-3)22-19-16-14-11-8-5-2/h18-19,21-22H,4-16H2,1-3H3/q-1/b21-18+,22-19+. The zero-order valence-electron chi connectivity index (χ0n) is 16.1. The van der Waals surface area contributed by atoms with Gasteiger partial charge in [0.2, 0.25) is 0 Å². The molecule has 0 aliphatic heterocycles. The van der Waals surface area contributed by atoms with Gasteiger partial charge in [0.15, 0.2) is 0 Å². The highest BCUT2D eigenvalue weighted by molar-refractivity contribution is 6.77. The number of unbranched alkanes of at least 4 members (excludes halogenated alkanes) is 10. The summed E-state index contributed by atoms with van der Waals surface area (Å²) in [5, 5.41) is 0. The van der Waals surface area contributed by atoms with E-state index in [1.54, 1.807) is 0 Å². The Kier molecular flexibility index (Phi) is 18.4. The summed E-state index contributed by atoms with van der Waals surface area (Å²) in [6, 6.07) is 0. The highest BCUT2D eigenvalue weighted by Crippen LogP contribution is 2.05. The Labute approximate surface area is 147 Å². The van der Waals surface area contributed by atoms with Gasteiger partial charge in [0, 0.05) is 6.42 Å². The van der Waals surface area contributed by atoms with Gasteiger partial charge >= 0.3 is 0 Å². The van der Waals surface area contributed by atoms with Crippen LogP contribution in [-0.4, -0.2) is 6.71 Å². The third-order valence-corrected chi connectivity index (χ3v) is 4.06. The van der Waals surface area contributed by atoms with Crippen LogP contribution < -0.4 is 0 Å². The third-order valence-electron chi connectivity index (χ3n) is 4.06. The Balaban J connectivity index is 4.18. The fraction of sp³-hybridized carbons (Fsp3) is 0.727. The summed E-state index contributed by atoms with van der Waals surface area (Å²) >= 11 is 0. The number of hydrogen-bond acceptors (Lipinski definition) is 0. The molecule has 0 saturated heterocycles. The third kappa shape index (κ3) is 17.3. The van der Waals surface area contributed by atoms with E-state index in [0.29, 0.717) is 6.71 Å². The highest BCUT2D eigenvalue weighted by Gasteiger charge is 1.87. The molecule has 0 fully saturated rings. The lowest BCUT2D eigenvalue weighted by Crippen LogP contribution is -2.02. The summed E-state index contributed by atoms with van der Waals surface area (Å²) in [6.45, 7) is 7.08. The lowest BCUT2D eigenvalue weighted by molar-refractivity contribution is 0.674. The van der Waals surface area contributed by atoms with E-state index in [4.69, 9.17) is 0 Å². The normalized spacial score (nSPS) is 11.5. The quantitative estimate of drug-likeness (QED) is 0.179. The van der Waals surface area contributed by atoms with Crippen LogP contribution in [0.5, 0.6) is 0 Å². The zero-order chi connectivity index (χ0) is 17.0. The average Bonchev–Trinajstić information content (AvgIpc) is 2.57. The monoisotopic (exact) mass is 314 g/mol. The van der Waals surface area contributed by atoms with Crippen molar-refractivity contribution in [1.82, 2.24) is 0 Å². The van der Waals surface area contributed by atoms with E-state index in [2.05, 4.69) is 56.6 Å². The first-order chi connectivity index (χ1) is 11.3. The average molecular weight is 314 g/mol. The van der Waals surface area contributed by atoms with Gasteiger partial charge in [0.1, 0.15) is 0 Å². The number of rotatable bonds is 14. The minimum absolute atomic E-state index is 0.323. The van der Waals surface area contributed by atoms with Crippen LogP contribution in [0.3, 0.4) is 0 Å². The van der Waals surface area contributed by atoms with E-state index in [1.165, 1.54) is 77.0 Å². The lowest BCUT2D eigenvalue weighted by Gasteiger charge is -2.09. The van der Waals surface area contributed by atoms with Crippen LogP contribution in [0.25, 0.3) is 0 Å². The summed E-state index contributed by atoms with van der Waals surface area (Å²) < 4.78 is 0. The molecule has 23 heavy (non-hydrogen) atoms. The minimum atomic E-state index is 0.323. The zero-order valence-corrected chi connectivity index (χ0v) is 16.1. The van der Waals surface area contributed by atoms with Crippen LogP contribution in [0.4, 0.5) is 0 Å². The van der Waals surface area contributed by atoms with Crippen LogP contribution in [0.15, 0.2) is 24.1 Å². The maximum atomic E-state index is 3.44. The molecule has 0 rings (SSSR count). The predicted octanol–water partition coefficient (Wildman–Crippen LogP) is 7.35. The molecule has 0 aliphatic rings. The molecule has 0 saturated carbocycles. The van der Waals surface area contributed by atoms with Crippen LogP contribution >= 0.6 is 0 Å². The molecule has 0 spiro atoms. The smallest absolute Gasteiger partial charge is 0.00494 e. The van der Waals surface area contributed by atoms with Crippen LogP contribution in [0.1, 0.15) is 104 Å². The van der Waals surface area contributed by atoms with E-state index in [1.807, 2.05) is 0 Å². The number of hydrogen-bond donors (Lipinski definition) is 0. The lowest BCUT2D eigenvalue weighted by atomic mass is 9.50. The van der Waals surface area contributed by atoms with Crippen molar-refractivity contribution in [2.45, 2.75) is 104 Å². The fourth-order valence-electron chi connectivity index (χ4n) is 2.48. The van der Waals surface area contributed by atoms with Gasteiger partial charge < -0.3 is 5.82 Å². The molecule has 0 aromatic heterocycles. The van der Waals surface area contributed by atoms with Gasteiger partial charge in [-0.3, -0.25) is 12.0 Å². The van der Waals surface area contributed by atoms with Gasteiger partial charge in [-0.15, -0.1) is 12.2 Å². The maximum Gasteiger partial charge on any atom is 0.00494 e. The molecule has 1 radical (unpaired) electrons. The second-order valence-electron chi connectivity index (χ2n) is 6.51. The molecule has 0 bridgehead atoms. The minimum Gasteiger partial charge on any atom is -0.342 e. The molecule has 0 heterocycles. The van der Waals surface area contributed by atoms with Crippen molar-refractivity contribution in [2.75, 3.05) is 0 Å². The molecular formula is C22H39B-. The van der Waals surface area contributed by atoms with Gasteiger partial charge in [-0.05, 0) is 38.8 Å². The van der Waals surface area contributed by atoms with E-state index >= 15 is 0 Å². The Morgan fingerprint density at radius 2 is 1.17 bits per heavy atom. The molecule has 0 aromatic rings. The van der Waals surface area contributed by atoms with Crippen molar-refractivity contribution < 1.29 is 0 Å². The van der Waals surface area contributed by atoms with Crippen molar-refractivity contribution in [2.24, 2.45) is 0 Å². The predicted molar refractivity (Wildman–Crippen MR) is 109 cm³/mol. The van der Waals surface area contributed by atoms with Crippen molar-refractivity contribution in [3.05, 3.63) is 24.1 Å². The Bertz CT molecular complexity index is 321. The molecule has 0 atom stereocenters. The molecule has 0 aromatic carbocycles. The first kappa shape index (κ1) is 22.1. The van der Waals surface area contributed by atoms with Crippen LogP contribution in [0, 0.1) is 11.7 Å². The molecule has 0 unspecified atom stereocenters. The summed E-state index contributed by atoms with van der Waals surface area (Å²) in [6.07, 6.45) is 21.3. The van der Waals surface area contributed by atoms with Gasteiger partial charge in [0.05, 0.1) is 0 Å². The molecular weight excluding hydrogens is 275 g/mol. The summed E-state index contributed by atoms with van der Waals surface area (Å²) in [4.78, 5) is 0. The Morgan fingerprint density at radius 3 is 1.65 bits per heavy atom. The van der Waals surface area contributed by atoms with Gasteiger partial charge in [-0.25, -0.2) is 0 Å². The van der Waals surface area contributed by atoms with Crippen LogP contribution in [-0.2, 0) is 0 Å². The molecule has 0 nitrogen and oxygen atoms in total. The van der Waals surface area contributed by atoms with Crippen molar-refractivity contribution >= 4 is 6.71 Å². The SMILES string of the molecule is CCCCC#C[B-](/C=C/CCCCCC)/C=C/CCCCCC. The first-order valence-corrected chi connectivity index (χ1v) is 10.2. The van der Waals surface area contributed by atoms with Crippen molar-refractivity contribution in [3.8, 4) is 11.7 Å². The second kappa shape index (κ2) is 19.2. The Morgan fingerprint density at radius 1 is 0.652 bits per heavy atom. The molecule has 1 heteroatoms. The maximum absolute atomic E-state index is 3.44. The summed E-state index contributed by atoms with van der Waals surface area (Å²) in [7, 11) is 0. The van der Waals surface area contributed by atoms with E-state index in [-0.39, 0.29) is 0 Å². The van der Waals surface area contributed by atoms with Gasteiger partial charge in [-0.1, -0.05) is 65.7 Å². The van der Waals surface area contributed by atoms with E-state index in [0.717, 1.165) is 6.42 Å². The summed E-state index contributed by atoms with van der Waals surface area (Å²) in [5.74, 6) is 11.4. The second-order valence-corrected chi connectivity index (χ2v) is 6.51. The highest BCUT2D eigenvalue weighted by atomic mass is 13.9.